The van der Waals surface area contributed by atoms with Crippen LogP contribution >= 0.6 is 0 Å². The van der Waals surface area contributed by atoms with Crippen molar-refractivity contribution in [2.24, 2.45) is 10.9 Å². The number of nitrogens with zero attached hydrogens (tertiary/aromatic N) is 4. The summed E-state index contributed by atoms with van der Waals surface area (Å²) in [4.78, 5) is 11.1. The number of morpholine rings is 1. The van der Waals surface area contributed by atoms with Gasteiger partial charge in [-0.05, 0) is 12.8 Å². The molecule has 0 bridgehead atoms. The molecule has 0 radical (unpaired) electrons. The van der Waals surface area contributed by atoms with Gasteiger partial charge in [-0.2, -0.15) is 4.98 Å². The summed E-state index contributed by atoms with van der Waals surface area (Å²) in [5.74, 6) is 2.55. The predicted molar refractivity (Wildman–Crippen MR) is 92.9 cm³/mol. The Morgan fingerprint density at radius 2 is 2.25 bits per heavy atom. The van der Waals surface area contributed by atoms with E-state index in [1.54, 1.807) is 6.92 Å². The number of guanidine groups is 1. The van der Waals surface area contributed by atoms with Gasteiger partial charge < -0.3 is 19.9 Å². The van der Waals surface area contributed by atoms with E-state index >= 15 is 0 Å². The molecule has 1 aliphatic rings. The van der Waals surface area contributed by atoms with E-state index in [4.69, 9.17) is 9.26 Å². The molecule has 0 aliphatic carbocycles. The van der Waals surface area contributed by atoms with Crippen LogP contribution in [0.4, 0.5) is 0 Å². The molecule has 0 spiro atoms. The quantitative estimate of drug-likeness (QED) is 0.561. The molecule has 0 saturated carbocycles. The maximum Gasteiger partial charge on any atom is 0.223 e. The van der Waals surface area contributed by atoms with E-state index in [9.17, 15) is 0 Å². The number of aliphatic imine (C=N–C) groups is 1. The third kappa shape index (κ3) is 6.45. The van der Waals surface area contributed by atoms with Crippen molar-refractivity contribution in [2.75, 3.05) is 39.3 Å². The second-order valence-corrected chi connectivity index (χ2v) is 6.45. The summed E-state index contributed by atoms with van der Waals surface area (Å²) in [5, 5.41) is 10.4. The highest BCUT2D eigenvalue weighted by molar-refractivity contribution is 5.79. The van der Waals surface area contributed by atoms with Crippen LogP contribution in [0.15, 0.2) is 9.52 Å². The number of ether oxygens (including phenoxy) is 1. The molecule has 1 aliphatic heterocycles. The molecular formula is C16H30N6O2. The topological polar surface area (TPSA) is 87.8 Å². The van der Waals surface area contributed by atoms with E-state index in [1.807, 2.05) is 6.92 Å². The maximum absolute atomic E-state index is 5.86. The number of hydrogen-bond acceptors (Lipinski definition) is 6. The van der Waals surface area contributed by atoms with Crippen molar-refractivity contribution in [3.63, 3.8) is 0 Å². The molecule has 1 fully saturated rings. The van der Waals surface area contributed by atoms with Crippen molar-refractivity contribution in [2.45, 2.75) is 40.3 Å². The molecule has 1 saturated heterocycles. The molecule has 136 valence electrons. The molecule has 8 heteroatoms. The Bertz CT molecular complexity index is 516. The largest absolute Gasteiger partial charge is 0.374 e. The summed E-state index contributed by atoms with van der Waals surface area (Å²) < 4.78 is 10.8. The van der Waals surface area contributed by atoms with Gasteiger partial charge in [0.25, 0.3) is 0 Å². The summed E-state index contributed by atoms with van der Waals surface area (Å²) in [5.41, 5.74) is 0. The SMILES string of the molecule is CCNC(=NCc1noc(C)n1)NCC1CN(CC(C)C)CCO1. The Morgan fingerprint density at radius 3 is 2.92 bits per heavy atom. The molecule has 24 heavy (non-hydrogen) atoms. The van der Waals surface area contributed by atoms with Gasteiger partial charge in [-0.1, -0.05) is 19.0 Å². The predicted octanol–water partition coefficient (Wildman–Crippen LogP) is 0.790. The van der Waals surface area contributed by atoms with Crippen molar-refractivity contribution < 1.29 is 9.26 Å². The van der Waals surface area contributed by atoms with Gasteiger partial charge in [-0.3, -0.25) is 4.90 Å². The second kappa shape index (κ2) is 9.58. The zero-order valence-corrected chi connectivity index (χ0v) is 15.2. The first kappa shape index (κ1) is 18.7. The Kier molecular flexibility index (Phi) is 7.45. The van der Waals surface area contributed by atoms with Crippen LogP contribution in [0.1, 0.15) is 32.5 Å². The first-order valence-electron chi connectivity index (χ1n) is 8.72. The Labute approximate surface area is 144 Å². The fraction of sp³-hybridized carbons (Fsp3) is 0.812. The van der Waals surface area contributed by atoms with E-state index in [1.165, 1.54) is 0 Å². The van der Waals surface area contributed by atoms with Crippen LogP contribution in [0.5, 0.6) is 0 Å². The smallest absolute Gasteiger partial charge is 0.223 e. The standard InChI is InChI=1S/C16H30N6O2/c1-5-17-16(19-9-15-20-13(4)24-21-15)18-8-14-11-22(6-7-23-14)10-12(2)3/h12,14H,5-11H2,1-4H3,(H2,17,18,19). The van der Waals surface area contributed by atoms with E-state index in [0.717, 1.165) is 45.3 Å². The highest BCUT2D eigenvalue weighted by Crippen LogP contribution is 2.07. The van der Waals surface area contributed by atoms with Crippen LogP contribution in [-0.4, -0.2) is 66.4 Å². The molecule has 1 aromatic heterocycles. The molecule has 1 atom stereocenters. The average Bonchev–Trinajstić information content (AvgIpc) is 2.95. The molecule has 1 aromatic rings. The monoisotopic (exact) mass is 338 g/mol. The summed E-state index contributed by atoms with van der Waals surface area (Å²) in [7, 11) is 0. The summed E-state index contributed by atoms with van der Waals surface area (Å²) >= 11 is 0. The lowest BCUT2D eigenvalue weighted by atomic mass is 10.2. The summed E-state index contributed by atoms with van der Waals surface area (Å²) in [6.07, 6.45) is 0.175. The minimum absolute atomic E-state index is 0.175. The molecule has 2 rings (SSSR count). The average molecular weight is 338 g/mol. The van der Waals surface area contributed by atoms with Crippen LogP contribution in [0.2, 0.25) is 0 Å². The lowest BCUT2D eigenvalue weighted by Gasteiger charge is -2.34. The van der Waals surface area contributed by atoms with E-state index in [0.29, 0.717) is 24.2 Å². The molecule has 0 amide bonds. The molecular weight excluding hydrogens is 308 g/mol. The number of hydrogen-bond donors (Lipinski definition) is 2. The summed E-state index contributed by atoms with van der Waals surface area (Å²) in [6.45, 7) is 14.1. The van der Waals surface area contributed by atoms with E-state index < -0.39 is 0 Å². The van der Waals surface area contributed by atoms with Gasteiger partial charge >= 0.3 is 0 Å². The van der Waals surface area contributed by atoms with Crippen LogP contribution in [0, 0.1) is 12.8 Å². The maximum atomic E-state index is 5.86. The van der Waals surface area contributed by atoms with Gasteiger partial charge in [0.15, 0.2) is 11.8 Å². The molecule has 2 heterocycles. The first-order chi connectivity index (χ1) is 11.6. The van der Waals surface area contributed by atoms with E-state index in [-0.39, 0.29) is 6.10 Å². The van der Waals surface area contributed by atoms with E-state index in [2.05, 4.69) is 44.5 Å². The van der Waals surface area contributed by atoms with Gasteiger partial charge in [-0.15, -0.1) is 0 Å². The Hall–Kier alpha value is -1.67. The third-order valence-corrected chi connectivity index (χ3v) is 3.64. The zero-order valence-electron chi connectivity index (χ0n) is 15.2. The van der Waals surface area contributed by atoms with Crippen LogP contribution in [-0.2, 0) is 11.3 Å². The minimum atomic E-state index is 0.175. The number of rotatable bonds is 7. The Balaban J connectivity index is 1.81. The van der Waals surface area contributed by atoms with Crippen molar-refractivity contribution in [3.8, 4) is 0 Å². The van der Waals surface area contributed by atoms with Gasteiger partial charge in [0.2, 0.25) is 5.89 Å². The normalized spacial score (nSPS) is 19.7. The molecule has 2 N–H and O–H groups in total. The number of aromatic nitrogens is 2. The van der Waals surface area contributed by atoms with Gasteiger partial charge in [0, 0.05) is 39.6 Å². The fourth-order valence-corrected chi connectivity index (χ4v) is 2.69. The van der Waals surface area contributed by atoms with Crippen molar-refractivity contribution in [1.29, 1.82) is 0 Å². The summed E-state index contributed by atoms with van der Waals surface area (Å²) in [6, 6.07) is 0. The first-order valence-corrected chi connectivity index (χ1v) is 8.72. The number of aryl methyl sites for hydroxylation is 1. The number of nitrogens with one attached hydrogen (secondary N) is 2. The molecule has 1 unspecified atom stereocenters. The van der Waals surface area contributed by atoms with Gasteiger partial charge in [0.1, 0.15) is 6.54 Å². The zero-order chi connectivity index (χ0) is 17.4. The van der Waals surface area contributed by atoms with Gasteiger partial charge in [-0.25, -0.2) is 4.99 Å². The second-order valence-electron chi connectivity index (χ2n) is 6.45. The highest BCUT2D eigenvalue weighted by Gasteiger charge is 2.21. The van der Waals surface area contributed by atoms with Gasteiger partial charge in [0.05, 0.1) is 12.7 Å². The van der Waals surface area contributed by atoms with Crippen molar-refractivity contribution in [3.05, 3.63) is 11.7 Å². The van der Waals surface area contributed by atoms with Crippen molar-refractivity contribution >= 4 is 5.96 Å². The van der Waals surface area contributed by atoms with Crippen LogP contribution in [0.3, 0.4) is 0 Å². The Morgan fingerprint density at radius 1 is 1.42 bits per heavy atom. The third-order valence-electron chi connectivity index (χ3n) is 3.64. The molecule has 8 nitrogen and oxygen atoms in total. The molecule has 0 aromatic carbocycles. The fourth-order valence-electron chi connectivity index (χ4n) is 2.69. The van der Waals surface area contributed by atoms with Crippen LogP contribution in [0.25, 0.3) is 0 Å². The minimum Gasteiger partial charge on any atom is -0.374 e. The highest BCUT2D eigenvalue weighted by atomic mass is 16.5. The van der Waals surface area contributed by atoms with Crippen LogP contribution < -0.4 is 10.6 Å². The lowest BCUT2D eigenvalue weighted by Crippen LogP contribution is -2.50. The lowest BCUT2D eigenvalue weighted by molar-refractivity contribution is -0.0284. The van der Waals surface area contributed by atoms with Crippen molar-refractivity contribution in [1.82, 2.24) is 25.7 Å².